The molecule has 2 aromatic heterocycles. The maximum Gasteiger partial charge on any atom is 0.225 e. The Bertz CT molecular complexity index is 724. The third-order valence-electron chi connectivity index (χ3n) is 5.77. The predicted molar refractivity (Wildman–Crippen MR) is 93.6 cm³/mol. The summed E-state index contributed by atoms with van der Waals surface area (Å²) in [6, 6.07) is 4.10. The van der Waals surface area contributed by atoms with Gasteiger partial charge < -0.3 is 4.90 Å². The molecular formula is C19H26N4O. The lowest BCUT2D eigenvalue weighted by Crippen LogP contribution is -2.42. The Kier molecular flexibility index (Phi) is 4.25. The van der Waals surface area contributed by atoms with E-state index in [1.165, 1.54) is 19.3 Å². The van der Waals surface area contributed by atoms with E-state index in [4.69, 9.17) is 5.10 Å². The second-order valence-electron chi connectivity index (χ2n) is 7.32. The zero-order valence-electron chi connectivity index (χ0n) is 14.4. The van der Waals surface area contributed by atoms with E-state index in [-0.39, 0.29) is 5.92 Å². The molecule has 24 heavy (non-hydrogen) atoms. The van der Waals surface area contributed by atoms with Gasteiger partial charge in [0.15, 0.2) is 5.65 Å². The van der Waals surface area contributed by atoms with Crippen LogP contribution in [0.5, 0.6) is 0 Å². The lowest BCUT2D eigenvalue weighted by atomic mass is 9.86. The summed E-state index contributed by atoms with van der Waals surface area (Å²) in [4.78, 5) is 19.3. The standard InChI is InChI=1S/C19H26N4O/c1-22-18-16(8-5-11-20-18)17(21-22)14-9-12-23(13-10-14)19(24)15-6-3-2-4-7-15/h5,8,11,14-15H,2-4,6-7,9-10,12-13H2,1H3. The van der Waals surface area contributed by atoms with Crippen LogP contribution < -0.4 is 0 Å². The van der Waals surface area contributed by atoms with Crippen molar-refractivity contribution in [1.82, 2.24) is 19.7 Å². The van der Waals surface area contributed by atoms with Crippen LogP contribution in [-0.2, 0) is 11.8 Å². The number of rotatable bonds is 2. The van der Waals surface area contributed by atoms with Crippen LogP contribution in [0.15, 0.2) is 18.3 Å². The molecule has 1 amide bonds. The normalized spacial score (nSPS) is 20.6. The molecule has 1 saturated carbocycles. The molecule has 2 aromatic rings. The molecular weight excluding hydrogens is 300 g/mol. The van der Waals surface area contributed by atoms with Crippen LogP contribution in [0, 0.1) is 5.92 Å². The first-order valence-corrected chi connectivity index (χ1v) is 9.30. The smallest absolute Gasteiger partial charge is 0.225 e. The van der Waals surface area contributed by atoms with Crippen LogP contribution in [0.1, 0.15) is 56.6 Å². The van der Waals surface area contributed by atoms with Crippen LogP contribution >= 0.6 is 0 Å². The molecule has 3 heterocycles. The minimum absolute atomic E-state index is 0.287. The highest BCUT2D eigenvalue weighted by molar-refractivity contribution is 5.80. The first-order valence-electron chi connectivity index (χ1n) is 9.30. The minimum Gasteiger partial charge on any atom is -0.342 e. The van der Waals surface area contributed by atoms with Gasteiger partial charge in [0.1, 0.15) is 0 Å². The molecule has 2 fully saturated rings. The van der Waals surface area contributed by atoms with Crippen molar-refractivity contribution in [3.05, 3.63) is 24.0 Å². The molecule has 5 heteroatoms. The van der Waals surface area contributed by atoms with Crippen molar-refractivity contribution in [2.75, 3.05) is 13.1 Å². The fourth-order valence-electron chi connectivity index (χ4n) is 4.40. The van der Waals surface area contributed by atoms with Gasteiger partial charge in [0, 0.05) is 43.6 Å². The molecule has 0 spiro atoms. The number of amides is 1. The third kappa shape index (κ3) is 2.80. The zero-order valence-corrected chi connectivity index (χ0v) is 14.4. The van der Waals surface area contributed by atoms with Gasteiger partial charge in [-0.25, -0.2) is 4.98 Å². The third-order valence-corrected chi connectivity index (χ3v) is 5.77. The van der Waals surface area contributed by atoms with E-state index in [1.54, 1.807) is 0 Å². The number of nitrogens with zero attached hydrogens (tertiary/aromatic N) is 4. The SMILES string of the molecule is Cn1nc(C2CCN(C(=O)C3CCCCC3)CC2)c2cccnc21. The van der Waals surface area contributed by atoms with E-state index in [9.17, 15) is 4.79 Å². The highest BCUT2D eigenvalue weighted by atomic mass is 16.2. The van der Waals surface area contributed by atoms with Gasteiger partial charge in [-0.15, -0.1) is 0 Å². The molecule has 0 bridgehead atoms. The minimum atomic E-state index is 0.287. The summed E-state index contributed by atoms with van der Waals surface area (Å²) in [6.45, 7) is 1.75. The average Bonchev–Trinajstić information content (AvgIpc) is 2.99. The zero-order chi connectivity index (χ0) is 16.5. The molecule has 5 nitrogen and oxygen atoms in total. The Morgan fingerprint density at radius 1 is 1.12 bits per heavy atom. The van der Waals surface area contributed by atoms with E-state index in [0.29, 0.717) is 11.8 Å². The molecule has 4 rings (SSSR count). The number of pyridine rings is 1. The number of aryl methyl sites for hydroxylation is 1. The number of hydrogen-bond acceptors (Lipinski definition) is 3. The second-order valence-corrected chi connectivity index (χ2v) is 7.32. The van der Waals surface area contributed by atoms with E-state index < -0.39 is 0 Å². The van der Waals surface area contributed by atoms with Gasteiger partial charge in [-0.3, -0.25) is 9.48 Å². The van der Waals surface area contributed by atoms with E-state index >= 15 is 0 Å². The second kappa shape index (κ2) is 6.54. The van der Waals surface area contributed by atoms with Crippen molar-refractivity contribution in [3.8, 4) is 0 Å². The summed E-state index contributed by atoms with van der Waals surface area (Å²) in [6.07, 6.45) is 9.77. The van der Waals surface area contributed by atoms with E-state index in [1.807, 2.05) is 24.0 Å². The number of fused-ring (bicyclic) bond motifs is 1. The summed E-state index contributed by atoms with van der Waals surface area (Å²) in [5, 5.41) is 5.89. The van der Waals surface area contributed by atoms with Gasteiger partial charge in [0.05, 0.1) is 5.69 Å². The summed E-state index contributed by atoms with van der Waals surface area (Å²) in [7, 11) is 1.96. The molecule has 0 radical (unpaired) electrons. The van der Waals surface area contributed by atoms with Crippen LogP contribution in [0.4, 0.5) is 0 Å². The lowest BCUT2D eigenvalue weighted by Gasteiger charge is -2.34. The van der Waals surface area contributed by atoms with Crippen molar-refractivity contribution in [2.24, 2.45) is 13.0 Å². The lowest BCUT2D eigenvalue weighted by molar-refractivity contribution is -0.137. The van der Waals surface area contributed by atoms with Crippen LogP contribution in [0.3, 0.4) is 0 Å². The molecule has 0 unspecified atom stereocenters. The Morgan fingerprint density at radius 3 is 2.62 bits per heavy atom. The Hall–Kier alpha value is -1.91. The monoisotopic (exact) mass is 326 g/mol. The summed E-state index contributed by atoms with van der Waals surface area (Å²) >= 11 is 0. The van der Waals surface area contributed by atoms with Crippen LogP contribution in [0.25, 0.3) is 11.0 Å². The Morgan fingerprint density at radius 2 is 1.88 bits per heavy atom. The topological polar surface area (TPSA) is 51.0 Å². The van der Waals surface area contributed by atoms with Gasteiger partial charge >= 0.3 is 0 Å². The van der Waals surface area contributed by atoms with Gasteiger partial charge in [-0.2, -0.15) is 5.10 Å². The van der Waals surface area contributed by atoms with E-state index in [0.717, 1.165) is 55.5 Å². The quantitative estimate of drug-likeness (QED) is 0.851. The number of carbonyl (C=O) groups excluding carboxylic acids is 1. The molecule has 0 atom stereocenters. The van der Waals surface area contributed by atoms with Crippen molar-refractivity contribution >= 4 is 16.9 Å². The van der Waals surface area contributed by atoms with Crippen molar-refractivity contribution < 1.29 is 4.79 Å². The van der Waals surface area contributed by atoms with E-state index in [2.05, 4.69) is 16.0 Å². The van der Waals surface area contributed by atoms with Crippen LogP contribution in [0.2, 0.25) is 0 Å². The molecule has 128 valence electrons. The molecule has 2 aliphatic rings. The van der Waals surface area contributed by atoms with Gasteiger partial charge in [0.2, 0.25) is 5.91 Å². The fourth-order valence-corrected chi connectivity index (χ4v) is 4.40. The molecule has 1 aliphatic carbocycles. The fraction of sp³-hybridized carbons (Fsp3) is 0.632. The average molecular weight is 326 g/mol. The molecule has 1 saturated heterocycles. The molecule has 1 aliphatic heterocycles. The summed E-state index contributed by atoms with van der Waals surface area (Å²) < 4.78 is 1.88. The number of hydrogen-bond donors (Lipinski definition) is 0. The van der Waals surface area contributed by atoms with Gasteiger partial charge in [-0.05, 0) is 37.8 Å². The first kappa shape index (κ1) is 15.6. The number of piperidine rings is 1. The number of likely N-dealkylation sites (tertiary alicyclic amines) is 1. The number of aromatic nitrogens is 3. The van der Waals surface area contributed by atoms with Gasteiger partial charge in [0.25, 0.3) is 0 Å². The first-order chi connectivity index (χ1) is 11.7. The van der Waals surface area contributed by atoms with Crippen molar-refractivity contribution in [2.45, 2.75) is 50.9 Å². The Labute approximate surface area is 143 Å². The highest BCUT2D eigenvalue weighted by Gasteiger charge is 2.31. The Balaban J connectivity index is 1.45. The molecule has 0 aromatic carbocycles. The predicted octanol–water partition coefficient (Wildman–Crippen LogP) is 3.25. The number of carbonyl (C=O) groups is 1. The maximum atomic E-state index is 12.7. The maximum absolute atomic E-state index is 12.7. The highest BCUT2D eigenvalue weighted by Crippen LogP contribution is 2.33. The van der Waals surface area contributed by atoms with Crippen molar-refractivity contribution in [1.29, 1.82) is 0 Å². The summed E-state index contributed by atoms with van der Waals surface area (Å²) in [5.41, 5.74) is 2.11. The summed E-state index contributed by atoms with van der Waals surface area (Å²) in [5.74, 6) is 1.13. The largest absolute Gasteiger partial charge is 0.342 e. The van der Waals surface area contributed by atoms with Crippen LogP contribution in [-0.4, -0.2) is 38.7 Å². The van der Waals surface area contributed by atoms with Crippen molar-refractivity contribution in [3.63, 3.8) is 0 Å². The van der Waals surface area contributed by atoms with Gasteiger partial charge in [-0.1, -0.05) is 19.3 Å². The molecule has 0 N–H and O–H groups in total.